The van der Waals surface area contributed by atoms with E-state index in [0.717, 1.165) is 25.8 Å². The third-order valence-corrected chi connectivity index (χ3v) is 5.04. The topological polar surface area (TPSA) is 69.8 Å². The standard InChI is InChI=1S/C20H24FN3O2/c1-23-10-3-6-17(23)9-11-24(20(25)26)19-8-7-15(21)13-18(19)14-4-2-5-16(22)12-14/h2,4-5,7-8,12-13,17H,3,6,9-11,22H2,1H3,(H,25,26). The van der Waals surface area contributed by atoms with Crippen molar-refractivity contribution in [3.05, 3.63) is 48.3 Å². The summed E-state index contributed by atoms with van der Waals surface area (Å²) < 4.78 is 13.9. The number of hydrogen-bond acceptors (Lipinski definition) is 3. The van der Waals surface area contributed by atoms with Crippen molar-refractivity contribution in [1.82, 2.24) is 4.90 Å². The lowest BCUT2D eigenvalue weighted by Gasteiger charge is -2.26. The molecular formula is C20H24FN3O2. The van der Waals surface area contributed by atoms with Gasteiger partial charge in [0.25, 0.3) is 0 Å². The Kier molecular flexibility index (Phi) is 5.42. The zero-order valence-electron chi connectivity index (χ0n) is 14.9. The molecule has 1 amide bonds. The van der Waals surface area contributed by atoms with E-state index in [-0.39, 0.29) is 0 Å². The highest BCUT2D eigenvalue weighted by Gasteiger charge is 2.25. The van der Waals surface area contributed by atoms with Gasteiger partial charge in [-0.2, -0.15) is 0 Å². The molecule has 1 unspecified atom stereocenters. The summed E-state index contributed by atoms with van der Waals surface area (Å²) in [6, 6.07) is 11.6. The van der Waals surface area contributed by atoms with Gasteiger partial charge >= 0.3 is 6.09 Å². The number of hydrogen-bond donors (Lipinski definition) is 2. The second-order valence-corrected chi connectivity index (χ2v) is 6.79. The van der Waals surface area contributed by atoms with Crippen LogP contribution in [0, 0.1) is 5.82 Å². The van der Waals surface area contributed by atoms with Crippen LogP contribution in [0.5, 0.6) is 0 Å². The van der Waals surface area contributed by atoms with E-state index in [1.54, 1.807) is 24.3 Å². The van der Waals surface area contributed by atoms with E-state index in [1.165, 1.54) is 23.1 Å². The van der Waals surface area contributed by atoms with Crippen LogP contribution in [0.1, 0.15) is 19.3 Å². The molecule has 5 nitrogen and oxygen atoms in total. The third-order valence-electron chi connectivity index (χ3n) is 5.04. The normalized spacial score (nSPS) is 17.4. The van der Waals surface area contributed by atoms with E-state index in [4.69, 9.17) is 5.73 Å². The molecule has 3 rings (SSSR count). The minimum atomic E-state index is -1.04. The fourth-order valence-corrected chi connectivity index (χ4v) is 3.62. The summed E-state index contributed by atoms with van der Waals surface area (Å²) in [6.45, 7) is 1.41. The number of carbonyl (C=O) groups is 1. The zero-order chi connectivity index (χ0) is 18.7. The highest BCUT2D eigenvalue weighted by Crippen LogP contribution is 2.33. The molecule has 3 N–H and O–H groups in total. The Morgan fingerprint density at radius 3 is 2.81 bits per heavy atom. The van der Waals surface area contributed by atoms with Crippen LogP contribution in [-0.2, 0) is 0 Å². The van der Waals surface area contributed by atoms with Gasteiger partial charge in [-0.25, -0.2) is 9.18 Å². The zero-order valence-corrected chi connectivity index (χ0v) is 14.9. The largest absolute Gasteiger partial charge is 0.465 e. The molecule has 1 fully saturated rings. The van der Waals surface area contributed by atoms with Gasteiger partial charge in [0.15, 0.2) is 0 Å². The fourth-order valence-electron chi connectivity index (χ4n) is 3.62. The molecule has 1 atom stereocenters. The Morgan fingerprint density at radius 2 is 2.15 bits per heavy atom. The van der Waals surface area contributed by atoms with Crippen LogP contribution in [0.15, 0.2) is 42.5 Å². The molecule has 0 aromatic heterocycles. The van der Waals surface area contributed by atoms with Gasteiger partial charge in [-0.3, -0.25) is 4.90 Å². The molecule has 1 saturated heterocycles. The molecule has 1 aliphatic heterocycles. The van der Waals surface area contributed by atoms with Gasteiger partial charge in [-0.1, -0.05) is 12.1 Å². The van der Waals surface area contributed by atoms with Crippen LogP contribution in [0.2, 0.25) is 0 Å². The number of nitrogens with two attached hydrogens (primary N) is 1. The second-order valence-electron chi connectivity index (χ2n) is 6.79. The number of likely N-dealkylation sites (tertiary alicyclic amines) is 1. The monoisotopic (exact) mass is 357 g/mol. The molecule has 138 valence electrons. The Labute approximate surface area is 152 Å². The summed E-state index contributed by atoms with van der Waals surface area (Å²) in [7, 11) is 2.07. The van der Waals surface area contributed by atoms with Gasteiger partial charge in [0.1, 0.15) is 5.82 Å². The average Bonchev–Trinajstić information content (AvgIpc) is 3.01. The van der Waals surface area contributed by atoms with Crippen molar-refractivity contribution in [2.75, 3.05) is 30.8 Å². The summed E-state index contributed by atoms with van der Waals surface area (Å²) in [5.41, 5.74) is 8.10. The Morgan fingerprint density at radius 1 is 1.35 bits per heavy atom. The molecule has 2 aromatic carbocycles. The second kappa shape index (κ2) is 7.74. The maximum atomic E-state index is 13.9. The molecule has 0 aliphatic carbocycles. The third kappa shape index (κ3) is 3.96. The van der Waals surface area contributed by atoms with Gasteiger partial charge < -0.3 is 15.7 Å². The SMILES string of the molecule is CN1CCCC1CCN(C(=O)O)c1ccc(F)cc1-c1cccc(N)c1. The molecule has 1 heterocycles. The van der Waals surface area contributed by atoms with Crippen LogP contribution in [-0.4, -0.2) is 42.3 Å². The predicted molar refractivity (Wildman–Crippen MR) is 102 cm³/mol. The van der Waals surface area contributed by atoms with Crippen LogP contribution < -0.4 is 10.6 Å². The molecule has 0 radical (unpaired) electrons. The van der Waals surface area contributed by atoms with Crippen molar-refractivity contribution in [3.63, 3.8) is 0 Å². The summed E-state index contributed by atoms with van der Waals surface area (Å²) in [5.74, 6) is -0.410. The van der Waals surface area contributed by atoms with E-state index in [2.05, 4.69) is 11.9 Å². The molecule has 0 bridgehead atoms. The molecule has 2 aromatic rings. The van der Waals surface area contributed by atoms with E-state index in [9.17, 15) is 14.3 Å². The van der Waals surface area contributed by atoms with Crippen LogP contribution in [0.3, 0.4) is 0 Å². The van der Waals surface area contributed by atoms with Gasteiger partial charge in [0.05, 0.1) is 5.69 Å². The number of halogens is 1. The number of anilines is 2. The van der Waals surface area contributed by atoms with E-state index in [0.29, 0.717) is 35.1 Å². The summed E-state index contributed by atoms with van der Waals surface area (Å²) >= 11 is 0. The first kappa shape index (κ1) is 18.2. The van der Waals surface area contributed by atoms with Gasteiger partial charge in [-0.05, 0) is 68.8 Å². The van der Waals surface area contributed by atoms with Gasteiger partial charge in [-0.15, -0.1) is 0 Å². The van der Waals surface area contributed by atoms with Gasteiger partial charge in [0.2, 0.25) is 0 Å². The van der Waals surface area contributed by atoms with Crippen molar-refractivity contribution in [2.24, 2.45) is 0 Å². The molecule has 6 heteroatoms. The van der Waals surface area contributed by atoms with Crippen LogP contribution in [0.4, 0.5) is 20.6 Å². The highest BCUT2D eigenvalue weighted by molar-refractivity contribution is 5.93. The van der Waals surface area contributed by atoms with Crippen molar-refractivity contribution < 1.29 is 14.3 Å². The maximum absolute atomic E-state index is 13.9. The first-order valence-corrected chi connectivity index (χ1v) is 8.82. The lowest BCUT2D eigenvalue weighted by Crippen LogP contribution is -2.35. The van der Waals surface area contributed by atoms with Crippen molar-refractivity contribution in [1.29, 1.82) is 0 Å². The first-order chi connectivity index (χ1) is 12.5. The van der Waals surface area contributed by atoms with Gasteiger partial charge in [0, 0.05) is 23.8 Å². The lowest BCUT2D eigenvalue weighted by atomic mass is 10.0. The van der Waals surface area contributed by atoms with E-state index in [1.807, 2.05) is 0 Å². The number of nitrogen functional groups attached to an aromatic ring is 1. The van der Waals surface area contributed by atoms with E-state index < -0.39 is 11.9 Å². The Bertz CT molecular complexity index is 796. The highest BCUT2D eigenvalue weighted by atomic mass is 19.1. The Hall–Kier alpha value is -2.60. The lowest BCUT2D eigenvalue weighted by molar-refractivity contribution is 0.200. The molecule has 26 heavy (non-hydrogen) atoms. The number of rotatable bonds is 5. The number of nitrogens with zero attached hydrogens (tertiary/aromatic N) is 2. The summed E-state index contributed by atoms with van der Waals surface area (Å²) in [4.78, 5) is 15.5. The first-order valence-electron chi connectivity index (χ1n) is 8.82. The van der Waals surface area contributed by atoms with Crippen LogP contribution in [0.25, 0.3) is 11.1 Å². The summed E-state index contributed by atoms with van der Waals surface area (Å²) in [6.07, 6.45) is 1.92. The molecule has 0 spiro atoms. The van der Waals surface area contributed by atoms with Crippen molar-refractivity contribution in [2.45, 2.75) is 25.3 Å². The Balaban J connectivity index is 1.92. The van der Waals surface area contributed by atoms with Crippen molar-refractivity contribution >= 4 is 17.5 Å². The quantitative estimate of drug-likeness (QED) is 0.792. The number of carboxylic acid groups (broad SMARTS) is 1. The number of amides is 1. The fraction of sp³-hybridized carbons (Fsp3) is 0.350. The molecule has 0 saturated carbocycles. The molecule has 1 aliphatic rings. The van der Waals surface area contributed by atoms with Crippen LogP contribution >= 0.6 is 0 Å². The minimum absolute atomic E-state index is 0.366. The minimum Gasteiger partial charge on any atom is -0.465 e. The smallest absolute Gasteiger partial charge is 0.411 e. The predicted octanol–water partition coefficient (Wildman–Crippen LogP) is 4.04. The summed E-state index contributed by atoms with van der Waals surface area (Å²) in [5, 5.41) is 9.76. The number of benzene rings is 2. The van der Waals surface area contributed by atoms with Crippen molar-refractivity contribution in [3.8, 4) is 11.1 Å². The molecular weight excluding hydrogens is 333 g/mol. The average molecular weight is 357 g/mol. The maximum Gasteiger partial charge on any atom is 0.411 e. The van der Waals surface area contributed by atoms with E-state index >= 15 is 0 Å².